The molecule has 0 saturated carbocycles. The van der Waals surface area contributed by atoms with Crippen molar-refractivity contribution < 1.29 is 14.6 Å². The first kappa shape index (κ1) is 17.9. The molecule has 0 aromatic heterocycles. The normalized spacial score (nSPS) is 20.0. The van der Waals surface area contributed by atoms with Crippen LogP contribution in [0.4, 0.5) is 0 Å². The van der Waals surface area contributed by atoms with Crippen LogP contribution in [0, 0.1) is 0 Å². The number of carbonyl (C=O) groups is 1. The van der Waals surface area contributed by atoms with Crippen molar-refractivity contribution in [3.8, 4) is 11.5 Å². The Hall–Kier alpha value is -2.53. The Morgan fingerprint density at radius 1 is 1.07 bits per heavy atom. The maximum atomic E-state index is 12.8. The number of phenolic OH excluding ortho intramolecular Hbond substituents is 1. The number of nitrogens with zero attached hydrogens (tertiary/aromatic N) is 2. The molecule has 0 spiro atoms. The molecule has 1 amide bonds. The molecule has 2 heterocycles. The summed E-state index contributed by atoms with van der Waals surface area (Å²) in [6.45, 7) is 4.76. The molecule has 2 aromatic rings. The molecule has 5 heteroatoms. The molecule has 1 unspecified atom stereocenters. The van der Waals surface area contributed by atoms with E-state index in [-0.39, 0.29) is 11.8 Å². The number of piperazine rings is 1. The van der Waals surface area contributed by atoms with Crippen LogP contribution in [-0.4, -0.2) is 53.6 Å². The van der Waals surface area contributed by atoms with Crippen LogP contribution in [0.5, 0.6) is 11.5 Å². The number of fused-ring (bicyclic) bond motifs is 1. The van der Waals surface area contributed by atoms with Crippen molar-refractivity contribution >= 4 is 5.91 Å². The van der Waals surface area contributed by atoms with Crippen LogP contribution in [0.25, 0.3) is 0 Å². The monoisotopic (exact) mass is 366 g/mol. The third kappa shape index (κ3) is 4.25. The third-order valence-electron chi connectivity index (χ3n) is 5.55. The van der Waals surface area contributed by atoms with Gasteiger partial charge in [-0.1, -0.05) is 30.3 Å². The molecule has 142 valence electrons. The summed E-state index contributed by atoms with van der Waals surface area (Å²) in [6, 6.07) is 15.5. The zero-order valence-corrected chi connectivity index (χ0v) is 15.5. The average molecular weight is 366 g/mol. The maximum Gasteiger partial charge on any atom is 0.223 e. The molecule has 0 bridgehead atoms. The number of hydrogen-bond acceptors (Lipinski definition) is 4. The lowest BCUT2D eigenvalue weighted by atomic mass is 9.90. The summed E-state index contributed by atoms with van der Waals surface area (Å²) in [5, 5.41) is 9.60. The van der Waals surface area contributed by atoms with E-state index in [2.05, 4.69) is 11.0 Å². The van der Waals surface area contributed by atoms with Gasteiger partial charge in [0.05, 0.1) is 6.61 Å². The van der Waals surface area contributed by atoms with Crippen LogP contribution in [0.15, 0.2) is 48.5 Å². The molecule has 2 aliphatic heterocycles. The SMILES string of the molecule is O=C(CC1CCOc2ccccc21)N1CCN(Cc2cccc(O)c2)CC1. The van der Waals surface area contributed by atoms with Crippen molar-refractivity contribution in [3.63, 3.8) is 0 Å². The van der Waals surface area contributed by atoms with Gasteiger partial charge in [0.2, 0.25) is 5.91 Å². The smallest absolute Gasteiger partial charge is 0.223 e. The van der Waals surface area contributed by atoms with E-state index in [4.69, 9.17) is 4.74 Å². The Labute approximate surface area is 160 Å². The first-order valence-electron chi connectivity index (χ1n) is 9.69. The van der Waals surface area contributed by atoms with Gasteiger partial charge in [-0.3, -0.25) is 9.69 Å². The minimum absolute atomic E-state index is 0.244. The quantitative estimate of drug-likeness (QED) is 0.904. The van der Waals surface area contributed by atoms with E-state index in [1.165, 1.54) is 5.56 Å². The number of para-hydroxylation sites is 1. The molecular weight excluding hydrogens is 340 g/mol. The summed E-state index contributed by atoms with van der Waals surface area (Å²) in [5.74, 6) is 1.73. The van der Waals surface area contributed by atoms with Crippen LogP contribution in [-0.2, 0) is 11.3 Å². The summed E-state index contributed by atoms with van der Waals surface area (Å²) in [4.78, 5) is 17.2. The molecule has 4 rings (SSSR count). The summed E-state index contributed by atoms with van der Waals surface area (Å²) in [7, 11) is 0. The van der Waals surface area contributed by atoms with Crippen molar-refractivity contribution in [3.05, 3.63) is 59.7 Å². The summed E-state index contributed by atoms with van der Waals surface area (Å²) in [6.07, 6.45) is 1.47. The molecule has 5 nitrogen and oxygen atoms in total. The lowest BCUT2D eigenvalue weighted by Crippen LogP contribution is -2.48. The van der Waals surface area contributed by atoms with Gasteiger partial charge in [-0.25, -0.2) is 0 Å². The fraction of sp³-hybridized carbons (Fsp3) is 0.409. The van der Waals surface area contributed by atoms with Gasteiger partial charge in [0.1, 0.15) is 11.5 Å². The number of rotatable bonds is 4. The van der Waals surface area contributed by atoms with Gasteiger partial charge < -0.3 is 14.7 Å². The number of carbonyl (C=O) groups excluding carboxylic acids is 1. The Bertz CT molecular complexity index is 800. The summed E-state index contributed by atoms with van der Waals surface area (Å²) < 4.78 is 5.71. The van der Waals surface area contributed by atoms with Crippen LogP contribution >= 0.6 is 0 Å². The highest BCUT2D eigenvalue weighted by atomic mass is 16.5. The molecule has 2 aromatic carbocycles. The molecule has 0 aliphatic carbocycles. The minimum Gasteiger partial charge on any atom is -0.508 e. The topological polar surface area (TPSA) is 53.0 Å². The minimum atomic E-state index is 0.244. The number of phenols is 1. The largest absolute Gasteiger partial charge is 0.508 e. The number of benzene rings is 2. The number of ether oxygens (including phenoxy) is 1. The lowest BCUT2D eigenvalue weighted by molar-refractivity contribution is -0.133. The molecule has 27 heavy (non-hydrogen) atoms. The van der Waals surface area contributed by atoms with Gasteiger partial charge in [0.15, 0.2) is 0 Å². The highest BCUT2D eigenvalue weighted by Crippen LogP contribution is 2.35. The van der Waals surface area contributed by atoms with Crippen LogP contribution in [0.3, 0.4) is 0 Å². The van der Waals surface area contributed by atoms with Crippen molar-refractivity contribution in [2.75, 3.05) is 32.8 Å². The number of aromatic hydroxyl groups is 1. The Balaban J connectivity index is 1.30. The molecule has 2 aliphatic rings. The fourth-order valence-corrected chi connectivity index (χ4v) is 4.04. The van der Waals surface area contributed by atoms with Crippen molar-refractivity contribution in [2.45, 2.75) is 25.3 Å². The zero-order valence-electron chi connectivity index (χ0n) is 15.5. The van der Waals surface area contributed by atoms with E-state index in [1.807, 2.05) is 35.2 Å². The van der Waals surface area contributed by atoms with Gasteiger partial charge in [0, 0.05) is 39.1 Å². The van der Waals surface area contributed by atoms with Crippen molar-refractivity contribution in [1.82, 2.24) is 9.80 Å². The standard InChI is InChI=1S/C22H26N2O3/c25-19-5-3-4-17(14-19)16-23-9-11-24(12-10-23)22(26)15-18-8-13-27-21-7-2-1-6-20(18)21/h1-7,14,18,25H,8-13,15-16H2. The third-order valence-corrected chi connectivity index (χ3v) is 5.55. The molecule has 1 fully saturated rings. The second-order valence-corrected chi connectivity index (χ2v) is 7.40. The van der Waals surface area contributed by atoms with E-state index in [0.29, 0.717) is 18.8 Å². The van der Waals surface area contributed by atoms with Gasteiger partial charge in [-0.05, 0) is 41.7 Å². The van der Waals surface area contributed by atoms with Gasteiger partial charge in [-0.2, -0.15) is 0 Å². The van der Waals surface area contributed by atoms with Gasteiger partial charge in [-0.15, -0.1) is 0 Å². The van der Waals surface area contributed by atoms with Gasteiger partial charge >= 0.3 is 0 Å². The predicted molar refractivity (Wildman–Crippen MR) is 104 cm³/mol. The number of amides is 1. The lowest BCUT2D eigenvalue weighted by Gasteiger charge is -2.36. The molecule has 1 saturated heterocycles. The van der Waals surface area contributed by atoms with Crippen molar-refractivity contribution in [2.24, 2.45) is 0 Å². The second kappa shape index (κ2) is 8.01. The fourth-order valence-electron chi connectivity index (χ4n) is 4.04. The summed E-state index contributed by atoms with van der Waals surface area (Å²) in [5.41, 5.74) is 2.27. The van der Waals surface area contributed by atoms with E-state index in [1.54, 1.807) is 12.1 Å². The summed E-state index contributed by atoms with van der Waals surface area (Å²) >= 11 is 0. The average Bonchev–Trinajstić information content (AvgIpc) is 2.69. The molecular formula is C22H26N2O3. The van der Waals surface area contributed by atoms with E-state index >= 15 is 0 Å². The van der Waals surface area contributed by atoms with Crippen LogP contribution in [0.1, 0.15) is 29.9 Å². The maximum absolute atomic E-state index is 12.8. The highest BCUT2D eigenvalue weighted by Gasteiger charge is 2.27. The Kier molecular flexibility index (Phi) is 5.30. The van der Waals surface area contributed by atoms with E-state index in [9.17, 15) is 9.90 Å². The van der Waals surface area contributed by atoms with E-state index in [0.717, 1.165) is 50.5 Å². The molecule has 1 N–H and O–H groups in total. The predicted octanol–water partition coefficient (Wildman–Crippen LogP) is 2.99. The number of hydrogen-bond donors (Lipinski definition) is 1. The van der Waals surface area contributed by atoms with E-state index < -0.39 is 0 Å². The molecule has 1 atom stereocenters. The van der Waals surface area contributed by atoms with Crippen molar-refractivity contribution in [1.29, 1.82) is 0 Å². The van der Waals surface area contributed by atoms with Gasteiger partial charge in [0.25, 0.3) is 0 Å². The first-order chi connectivity index (χ1) is 13.2. The zero-order chi connectivity index (χ0) is 18.6. The second-order valence-electron chi connectivity index (χ2n) is 7.40. The van der Waals surface area contributed by atoms with Crippen LogP contribution in [0.2, 0.25) is 0 Å². The highest BCUT2D eigenvalue weighted by molar-refractivity contribution is 5.77. The molecule has 0 radical (unpaired) electrons. The van der Waals surface area contributed by atoms with Crippen LogP contribution < -0.4 is 4.74 Å². The Morgan fingerprint density at radius 2 is 1.89 bits per heavy atom. The first-order valence-corrected chi connectivity index (χ1v) is 9.69. The Morgan fingerprint density at radius 3 is 2.70 bits per heavy atom.